The van der Waals surface area contributed by atoms with Crippen molar-refractivity contribution >= 4 is 35.3 Å². The number of unbranched alkanes of at least 4 members (excludes halogenated alkanes) is 2. The number of nitrogens with one attached hydrogen (secondary N) is 2. The zero-order valence-corrected chi connectivity index (χ0v) is 18.7. The molecule has 172 valence electrons. The number of fused-ring (bicyclic) bond motifs is 1. The van der Waals surface area contributed by atoms with Crippen LogP contribution in [0.1, 0.15) is 80.0 Å². The minimum Gasteiger partial charge on any atom is -0.460 e. The first-order valence-corrected chi connectivity index (χ1v) is 10.9. The molecule has 0 spiro atoms. The summed E-state index contributed by atoms with van der Waals surface area (Å²) < 4.78 is 5.28. The van der Waals surface area contributed by atoms with Crippen molar-refractivity contribution in [3.8, 4) is 0 Å². The van der Waals surface area contributed by atoms with Gasteiger partial charge in [0.25, 0.3) is 11.8 Å². The standard InChI is InChI=1S/C23H29N3O6/c1-23(2,3)32-19(28)7-5-4-6-12-24-14-8-9-15-16(13-14)22(31)26(21(15)30)17-10-11-18(27)25-20(17)29/h8-9,13,17,24H,4-7,10-12H2,1-3H3,(H,25,27,29). The number of amides is 4. The van der Waals surface area contributed by atoms with Gasteiger partial charge in [-0.25, -0.2) is 0 Å². The van der Waals surface area contributed by atoms with Crippen LogP contribution in [0.2, 0.25) is 0 Å². The van der Waals surface area contributed by atoms with Crippen LogP contribution in [0.5, 0.6) is 0 Å². The van der Waals surface area contributed by atoms with Crippen LogP contribution in [0.25, 0.3) is 0 Å². The summed E-state index contributed by atoms with van der Waals surface area (Å²) in [5, 5.41) is 5.41. The predicted octanol–water partition coefficient (Wildman–Crippen LogP) is 2.40. The lowest BCUT2D eigenvalue weighted by molar-refractivity contribution is -0.155. The Morgan fingerprint density at radius 2 is 1.81 bits per heavy atom. The molecular formula is C23H29N3O6. The fourth-order valence-corrected chi connectivity index (χ4v) is 3.78. The fraction of sp³-hybridized carbons (Fsp3) is 0.522. The molecule has 0 aromatic heterocycles. The van der Waals surface area contributed by atoms with Crippen molar-refractivity contribution < 1.29 is 28.7 Å². The molecule has 0 radical (unpaired) electrons. The van der Waals surface area contributed by atoms with Gasteiger partial charge in [-0.1, -0.05) is 6.42 Å². The van der Waals surface area contributed by atoms with Crippen molar-refractivity contribution in [2.24, 2.45) is 0 Å². The van der Waals surface area contributed by atoms with Crippen molar-refractivity contribution in [2.45, 2.75) is 70.9 Å². The van der Waals surface area contributed by atoms with E-state index in [0.29, 0.717) is 18.7 Å². The number of piperidine rings is 1. The molecule has 2 aliphatic heterocycles. The normalized spacial score (nSPS) is 18.5. The van der Waals surface area contributed by atoms with Gasteiger partial charge in [-0.05, 0) is 58.2 Å². The Labute approximate surface area is 186 Å². The van der Waals surface area contributed by atoms with Crippen molar-refractivity contribution in [1.29, 1.82) is 0 Å². The first kappa shape index (κ1) is 23.4. The van der Waals surface area contributed by atoms with Crippen molar-refractivity contribution in [2.75, 3.05) is 11.9 Å². The van der Waals surface area contributed by atoms with Crippen LogP contribution < -0.4 is 10.6 Å². The lowest BCUT2D eigenvalue weighted by atomic mass is 10.0. The zero-order chi connectivity index (χ0) is 23.5. The van der Waals surface area contributed by atoms with E-state index in [4.69, 9.17) is 4.74 Å². The average molecular weight is 444 g/mol. The zero-order valence-electron chi connectivity index (χ0n) is 18.7. The largest absolute Gasteiger partial charge is 0.460 e. The summed E-state index contributed by atoms with van der Waals surface area (Å²) in [6.45, 7) is 6.17. The smallest absolute Gasteiger partial charge is 0.306 e. The van der Waals surface area contributed by atoms with Crippen LogP contribution in [0, 0.1) is 0 Å². The molecule has 2 N–H and O–H groups in total. The maximum absolute atomic E-state index is 12.8. The number of rotatable bonds is 8. The molecule has 1 unspecified atom stereocenters. The van der Waals surface area contributed by atoms with Gasteiger partial charge in [0.15, 0.2) is 0 Å². The third-order valence-electron chi connectivity index (χ3n) is 5.25. The summed E-state index contributed by atoms with van der Waals surface area (Å²) in [7, 11) is 0. The quantitative estimate of drug-likeness (QED) is 0.359. The van der Waals surface area contributed by atoms with Gasteiger partial charge in [-0.3, -0.25) is 34.2 Å². The van der Waals surface area contributed by atoms with Crippen LogP contribution in [0.4, 0.5) is 5.69 Å². The van der Waals surface area contributed by atoms with Gasteiger partial charge in [0.2, 0.25) is 11.8 Å². The lowest BCUT2D eigenvalue weighted by Gasteiger charge is -2.27. The average Bonchev–Trinajstić information content (AvgIpc) is 2.94. The second-order valence-electron chi connectivity index (χ2n) is 9.03. The molecule has 0 saturated carbocycles. The Hall–Kier alpha value is -3.23. The number of hydrogen-bond acceptors (Lipinski definition) is 7. The summed E-state index contributed by atoms with van der Waals surface area (Å²) in [4.78, 5) is 61.7. The lowest BCUT2D eigenvalue weighted by Crippen LogP contribution is -2.54. The van der Waals surface area contributed by atoms with Gasteiger partial charge in [0.1, 0.15) is 11.6 Å². The third kappa shape index (κ3) is 5.52. The highest BCUT2D eigenvalue weighted by Crippen LogP contribution is 2.29. The van der Waals surface area contributed by atoms with E-state index < -0.39 is 35.3 Å². The maximum Gasteiger partial charge on any atom is 0.306 e. The summed E-state index contributed by atoms with van der Waals surface area (Å²) in [6, 6.07) is 3.94. The van der Waals surface area contributed by atoms with E-state index in [1.807, 2.05) is 20.8 Å². The molecule has 9 heteroatoms. The number of esters is 1. The minimum absolute atomic E-state index is 0.0878. The molecule has 2 aliphatic rings. The molecule has 0 aliphatic carbocycles. The second-order valence-corrected chi connectivity index (χ2v) is 9.03. The molecule has 4 amide bonds. The Balaban J connectivity index is 1.50. The molecule has 32 heavy (non-hydrogen) atoms. The highest BCUT2D eigenvalue weighted by atomic mass is 16.6. The number of carbonyl (C=O) groups is 5. The molecular weight excluding hydrogens is 414 g/mol. The van der Waals surface area contributed by atoms with E-state index in [0.717, 1.165) is 24.2 Å². The molecule has 2 heterocycles. The molecule has 1 aromatic carbocycles. The minimum atomic E-state index is -0.971. The van der Waals surface area contributed by atoms with Crippen molar-refractivity contribution in [1.82, 2.24) is 10.2 Å². The Morgan fingerprint density at radius 1 is 1.09 bits per heavy atom. The molecule has 0 bridgehead atoms. The van der Waals surface area contributed by atoms with Gasteiger partial charge in [0.05, 0.1) is 11.1 Å². The summed E-state index contributed by atoms with van der Waals surface area (Å²) >= 11 is 0. The van der Waals surface area contributed by atoms with Crippen LogP contribution in [0.3, 0.4) is 0 Å². The number of anilines is 1. The molecule has 1 atom stereocenters. The van der Waals surface area contributed by atoms with E-state index >= 15 is 0 Å². The highest BCUT2D eigenvalue weighted by molar-refractivity contribution is 6.23. The van der Waals surface area contributed by atoms with Gasteiger partial charge < -0.3 is 10.1 Å². The summed E-state index contributed by atoms with van der Waals surface area (Å²) in [5.41, 5.74) is 0.720. The monoisotopic (exact) mass is 443 g/mol. The molecule has 3 rings (SSSR count). The Bertz CT molecular complexity index is 950. The van der Waals surface area contributed by atoms with Crippen molar-refractivity contribution in [3.05, 3.63) is 29.3 Å². The topological polar surface area (TPSA) is 122 Å². The molecule has 9 nitrogen and oxygen atoms in total. The fourth-order valence-electron chi connectivity index (χ4n) is 3.78. The molecule has 1 fully saturated rings. The molecule has 1 aromatic rings. The number of benzene rings is 1. The predicted molar refractivity (Wildman–Crippen MR) is 116 cm³/mol. The van der Waals surface area contributed by atoms with Crippen LogP contribution >= 0.6 is 0 Å². The summed E-state index contributed by atoms with van der Waals surface area (Å²) in [5.74, 6) is -2.28. The first-order chi connectivity index (χ1) is 15.1. The van der Waals surface area contributed by atoms with E-state index in [1.165, 1.54) is 0 Å². The summed E-state index contributed by atoms with van der Waals surface area (Å²) in [6.07, 6.45) is 3.00. The van der Waals surface area contributed by atoms with Crippen LogP contribution in [0.15, 0.2) is 18.2 Å². The van der Waals surface area contributed by atoms with Gasteiger partial charge in [-0.2, -0.15) is 0 Å². The van der Waals surface area contributed by atoms with Crippen LogP contribution in [-0.4, -0.2) is 52.7 Å². The SMILES string of the molecule is CC(C)(C)OC(=O)CCCCCNc1ccc2c(c1)C(=O)N(C1CCC(=O)NC1=O)C2=O. The number of nitrogens with zero attached hydrogens (tertiary/aromatic N) is 1. The first-order valence-electron chi connectivity index (χ1n) is 10.9. The Kier molecular flexibility index (Phi) is 6.96. The number of imide groups is 2. The van der Waals surface area contributed by atoms with Gasteiger partial charge in [0, 0.05) is 25.1 Å². The van der Waals surface area contributed by atoms with Gasteiger partial charge in [-0.15, -0.1) is 0 Å². The second kappa shape index (κ2) is 9.50. The van der Waals surface area contributed by atoms with Crippen molar-refractivity contribution in [3.63, 3.8) is 0 Å². The van der Waals surface area contributed by atoms with E-state index in [2.05, 4.69) is 10.6 Å². The van der Waals surface area contributed by atoms with E-state index in [-0.39, 0.29) is 29.9 Å². The number of hydrogen-bond donors (Lipinski definition) is 2. The number of ether oxygens (including phenoxy) is 1. The third-order valence-corrected chi connectivity index (χ3v) is 5.25. The Morgan fingerprint density at radius 3 is 2.50 bits per heavy atom. The van der Waals surface area contributed by atoms with Crippen LogP contribution in [-0.2, 0) is 19.1 Å². The maximum atomic E-state index is 12.8. The van der Waals surface area contributed by atoms with E-state index in [9.17, 15) is 24.0 Å². The van der Waals surface area contributed by atoms with Gasteiger partial charge >= 0.3 is 5.97 Å². The highest BCUT2D eigenvalue weighted by Gasteiger charge is 2.44. The van der Waals surface area contributed by atoms with E-state index in [1.54, 1.807) is 18.2 Å². The molecule has 1 saturated heterocycles. The number of carbonyl (C=O) groups excluding carboxylic acids is 5.